The molecular formula is C13H8Br2O3. The number of aromatic hydroxyl groups is 2. The van der Waals surface area contributed by atoms with Crippen molar-refractivity contribution in [3.8, 4) is 11.5 Å². The normalized spacial score (nSPS) is 10.3. The summed E-state index contributed by atoms with van der Waals surface area (Å²) in [6, 6.07) is 9.10. The Kier molecular flexibility index (Phi) is 3.73. The molecule has 3 nitrogen and oxygen atoms in total. The molecule has 0 fully saturated rings. The lowest BCUT2D eigenvalue weighted by Crippen LogP contribution is -2.01. The second-order valence-electron chi connectivity index (χ2n) is 3.66. The molecule has 0 aliphatic carbocycles. The highest BCUT2D eigenvalue weighted by molar-refractivity contribution is 9.10. The van der Waals surface area contributed by atoms with Crippen LogP contribution in [0, 0.1) is 0 Å². The first kappa shape index (κ1) is 13.1. The summed E-state index contributed by atoms with van der Waals surface area (Å²) in [5.74, 6) is -0.0201. The third-order valence-corrected chi connectivity index (χ3v) is 3.69. The maximum absolute atomic E-state index is 12.2. The average molecular weight is 372 g/mol. The number of phenols is 2. The molecule has 0 aromatic heterocycles. The van der Waals surface area contributed by atoms with Crippen molar-refractivity contribution in [1.29, 1.82) is 0 Å². The molecule has 0 saturated heterocycles. The smallest absolute Gasteiger partial charge is 0.193 e. The van der Waals surface area contributed by atoms with Gasteiger partial charge in [-0.15, -0.1) is 0 Å². The lowest BCUT2D eigenvalue weighted by molar-refractivity contribution is 0.103. The van der Waals surface area contributed by atoms with Crippen LogP contribution in [0.15, 0.2) is 45.3 Å². The summed E-state index contributed by atoms with van der Waals surface area (Å²) < 4.78 is 0.928. The van der Waals surface area contributed by atoms with Crippen molar-refractivity contribution in [1.82, 2.24) is 0 Å². The molecule has 0 heterocycles. The fraction of sp³-hybridized carbons (Fsp3) is 0. The van der Waals surface area contributed by atoms with Gasteiger partial charge in [0.05, 0.1) is 8.95 Å². The van der Waals surface area contributed by atoms with E-state index in [-0.39, 0.29) is 17.3 Å². The number of carbonyl (C=O) groups excluding carboxylic acids is 1. The van der Waals surface area contributed by atoms with Crippen molar-refractivity contribution in [3.05, 3.63) is 56.5 Å². The molecule has 92 valence electrons. The Morgan fingerprint density at radius 2 is 1.22 bits per heavy atom. The predicted molar refractivity (Wildman–Crippen MR) is 75.0 cm³/mol. The molecule has 0 bridgehead atoms. The Bertz CT molecular complexity index is 570. The number of ketones is 1. The highest BCUT2D eigenvalue weighted by atomic mass is 79.9. The third-order valence-electron chi connectivity index (χ3n) is 2.42. The Hall–Kier alpha value is -1.33. The lowest BCUT2D eigenvalue weighted by atomic mass is 10.0. The van der Waals surface area contributed by atoms with Crippen LogP contribution in [-0.2, 0) is 0 Å². The van der Waals surface area contributed by atoms with Gasteiger partial charge in [0.2, 0.25) is 0 Å². The first-order chi connectivity index (χ1) is 8.49. The zero-order chi connectivity index (χ0) is 13.3. The van der Waals surface area contributed by atoms with Gasteiger partial charge in [-0.2, -0.15) is 0 Å². The zero-order valence-electron chi connectivity index (χ0n) is 9.02. The van der Waals surface area contributed by atoms with E-state index in [0.29, 0.717) is 20.1 Å². The standard InChI is InChI=1S/C13H8Br2O3/c14-9-5-7(1-3-11(9)16)13(18)8-2-4-12(17)10(15)6-8/h1-6,16-17H. The van der Waals surface area contributed by atoms with E-state index in [1.165, 1.54) is 12.1 Å². The molecule has 0 radical (unpaired) electrons. The number of carbonyl (C=O) groups is 1. The van der Waals surface area contributed by atoms with Gasteiger partial charge < -0.3 is 10.2 Å². The van der Waals surface area contributed by atoms with Crippen LogP contribution in [0.4, 0.5) is 0 Å². The number of rotatable bonds is 2. The fourth-order valence-electron chi connectivity index (χ4n) is 1.46. The van der Waals surface area contributed by atoms with Crippen LogP contribution in [0.3, 0.4) is 0 Å². The van der Waals surface area contributed by atoms with Gasteiger partial charge in [-0.25, -0.2) is 0 Å². The SMILES string of the molecule is O=C(c1ccc(O)c(Br)c1)c1ccc(O)c(Br)c1. The van der Waals surface area contributed by atoms with Gasteiger partial charge >= 0.3 is 0 Å². The maximum Gasteiger partial charge on any atom is 0.193 e. The molecule has 2 aromatic carbocycles. The third kappa shape index (κ3) is 2.57. The molecule has 0 spiro atoms. The summed E-state index contributed by atoms with van der Waals surface area (Å²) in [5, 5.41) is 18.8. The second kappa shape index (κ2) is 5.12. The van der Waals surface area contributed by atoms with Crippen LogP contribution in [0.25, 0.3) is 0 Å². The molecule has 18 heavy (non-hydrogen) atoms. The van der Waals surface area contributed by atoms with E-state index < -0.39 is 0 Å². The van der Waals surface area contributed by atoms with Crippen molar-refractivity contribution < 1.29 is 15.0 Å². The van der Waals surface area contributed by atoms with Crippen LogP contribution in [-0.4, -0.2) is 16.0 Å². The Morgan fingerprint density at radius 3 is 1.56 bits per heavy atom. The van der Waals surface area contributed by atoms with Crippen LogP contribution >= 0.6 is 31.9 Å². The molecule has 0 aliphatic heterocycles. The first-order valence-corrected chi connectivity index (χ1v) is 6.59. The zero-order valence-corrected chi connectivity index (χ0v) is 12.2. The molecule has 0 unspecified atom stereocenters. The highest BCUT2D eigenvalue weighted by Gasteiger charge is 2.12. The lowest BCUT2D eigenvalue weighted by Gasteiger charge is -2.04. The quantitative estimate of drug-likeness (QED) is 0.788. The van der Waals surface area contributed by atoms with E-state index in [9.17, 15) is 15.0 Å². The van der Waals surface area contributed by atoms with Gasteiger partial charge in [0.1, 0.15) is 11.5 Å². The molecule has 0 amide bonds. The minimum atomic E-state index is -0.184. The number of hydrogen-bond acceptors (Lipinski definition) is 3. The fourth-order valence-corrected chi connectivity index (χ4v) is 2.22. The van der Waals surface area contributed by atoms with Crippen molar-refractivity contribution in [2.75, 3.05) is 0 Å². The van der Waals surface area contributed by atoms with Crippen LogP contribution in [0.1, 0.15) is 15.9 Å². The van der Waals surface area contributed by atoms with Gasteiger partial charge in [-0.05, 0) is 68.3 Å². The van der Waals surface area contributed by atoms with E-state index >= 15 is 0 Å². The van der Waals surface area contributed by atoms with E-state index in [2.05, 4.69) is 31.9 Å². The van der Waals surface area contributed by atoms with Crippen molar-refractivity contribution in [2.24, 2.45) is 0 Å². The minimum Gasteiger partial charge on any atom is -0.507 e. The molecule has 2 rings (SSSR count). The number of phenolic OH excluding ortho intramolecular Hbond substituents is 2. The van der Waals surface area contributed by atoms with Crippen LogP contribution < -0.4 is 0 Å². The average Bonchev–Trinajstić information content (AvgIpc) is 2.35. The van der Waals surface area contributed by atoms with Gasteiger partial charge in [0.25, 0.3) is 0 Å². The number of hydrogen-bond donors (Lipinski definition) is 2. The molecule has 2 aromatic rings. The van der Waals surface area contributed by atoms with E-state index in [4.69, 9.17) is 0 Å². The topological polar surface area (TPSA) is 57.5 Å². The first-order valence-electron chi connectivity index (χ1n) is 5.01. The van der Waals surface area contributed by atoms with Gasteiger partial charge in [-0.3, -0.25) is 4.79 Å². The molecule has 0 saturated carbocycles. The van der Waals surface area contributed by atoms with Crippen molar-refractivity contribution in [3.63, 3.8) is 0 Å². The number of halogens is 2. The summed E-state index contributed by atoms with van der Waals surface area (Å²) in [4.78, 5) is 12.2. The van der Waals surface area contributed by atoms with Crippen LogP contribution in [0.5, 0.6) is 11.5 Å². The van der Waals surface area contributed by atoms with E-state index in [0.717, 1.165) is 0 Å². The largest absolute Gasteiger partial charge is 0.507 e. The summed E-state index contributed by atoms with van der Waals surface area (Å²) in [6.07, 6.45) is 0. The highest BCUT2D eigenvalue weighted by Crippen LogP contribution is 2.28. The minimum absolute atomic E-state index is 0.0819. The monoisotopic (exact) mass is 370 g/mol. The van der Waals surface area contributed by atoms with Crippen molar-refractivity contribution in [2.45, 2.75) is 0 Å². The van der Waals surface area contributed by atoms with Gasteiger partial charge in [0, 0.05) is 11.1 Å². The van der Waals surface area contributed by atoms with Crippen molar-refractivity contribution >= 4 is 37.6 Å². The van der Waals surface area contributed by atoms with Gasteiger partial charge in [-0.1, -0.05) is 0 Å². The second-order valence-corrected chi connectivity index (χ2v) is 5.37. The number of benzene rings is 2. The summed E-state index contributed by atoms with van der Waals surface area (Å²) >= 11 is 6.32. The maximum atomic E-state index is 12.2. The van der Waals surface area contributed by atoms with Crippen LogP contribution in [0.2, 0.25) is 0 Å². The molecule has 0 atom stereocenters. The summed E-state index contributed by atoms with van der Waals surface area (Å²) in [6.45, 7) is 0. The Balaban J connectivity index is 2.41. The molecule has 2 N–H and O–H groups in total. The predicted octanol–water partition coefficient (Wildman–Crippen LogP) is 3.85. The van der Waals surface area contributed by atoms with Gasteiger partial charge in [0.15, 0.2) is 5.78 Å². The molecule has 0 aliphatic rings. The van der Waals surface area contributed by atoms with E-state index in [1.54, 1.807) is 24.3 Å². The molecule has 5 heteroatoms. The molecular weight excluding hydrogens is 364 g/mol. The Labute approximate surface area is 120 Å². The van der Waals surface area contributed by atoms with E-state index in [1.807, 2.05) is 0 Å². The Morgan fingerprint density at radius 1 is 0.833 bits per heavy atom. The summed E-state index contributed by atoms with van der Waals surface area (Å²) in [5.41, 5.74) is 0.912. The summed E-state index contributed by atoms with van der Waals surface area (Å²) in [7, 11) is 0.